The van der Waals surface area contributed by atoms with E-state index in [1.165, 1.54) is 91.2 Å². The molecule has 1 saturated heterocycles. The molecule has 2 bridgehead atoms. The van der Waals surface area contributed by atoms with E-state index in [9.17, 15) is 0 Å². The van der Waals surface area contributed by atoms with Gasteiger partial charge in [0.25, 0.3) is 0 Å². The van der Waals surface area contributed by atoms with Crippen LogP contribution in [0.3, 0.4) is 0 Å². The first-order valence-corrected chi connectivity index (χ1v) is 16.5. The van der Waals surface area contributed by atoms with E-state index in [1.54, 1.807) is 0 Å². The predicted molar refractivity (Wildman–Crippen MR) is 169 cm³/mol. The van der Waals surface area contributed by atoms with Crippen LogP contribution in [0.2, 0.25) is 0 Å². The first-order chi connectivity index (χ1) is 20.1. The summed E-state index contributed by atoms with van der Waals surface area (Å²) in [6, 6.07) is 11.5. The van der Waals surface area contributed by atoms with Gasteiger partial charge in [-0.2, -0.15) is 0 Å². The molecule has 1 aliphatic heterocycles. The lowest BCUT2D eigenvalue weighted by atomic mass is 9.82. The van der Waals surface area contributed by atoms with Crippen molar-refractivity contribution in [2.24, 2.45) is 5.41 Å². The fraction of sp³-hybridized carbons (Fsp3) is 0.500. The topological polar surface area (TPSA) is 66.9 Å². The van der Waals surface area contributed by atoms with Crippen molar-refractivity contribution >= 4 is 34.0 Å². The molecule has 0 radical (unpaired) electrons. The van der Waals surface area contributed by atoms with Gasteiger partial charge in [0, 0.05) is 11.1 Å². The minimum absolute atomic E-state index is 0.388. The van der Waals surface area contributed by atoms with Crippen LogP contribution >= 0.6 is 23.0 Å². The number of rotatable bonds is 4. The predicted octanol–water partition coefficient (Wildman–Crippen LogP) is 8.21. The molecule has 2 aromatic carbocycles. The second-order valence-electron chi connectivity index (χ2n) is 13.6. The summed E-state index contributed by atoms with van der Waals surface area (Å²) < 4.78 is 5.87. The largest absolute Gasteiger partial charge is 0.427 e. The highest BCUT2D eigenvalue weighted by molar-refractivity contribution is 14.1. The molecule has 210 valence electrons. The van der Waals surface area contributed by atoms with Gasteiger partial charge in [-0.3, -0.25) is 4.90 Å². The number of benzene rings is 2. The number of imidazole rings is 1. The lowest BCUT2D eigenvalue weighted by Gasteiger charge is -2.23. The lowest BCUT2D eigenvalue weighted by molar-refractivity contribution is 0.307. The Bertz CT molecular complexity index is 1710. The molecule has 3 atom stereocenters. The molecule has 1 spiro atoms. The fourth-order valence-corrected chi connectivity index (χ4v) is 9.86. The molecule has 5 aliphatic rings. The number of aromatic nitrogens is 4. The van der Waals surface area contributed by atoms with Crippen LogP contribution in [0.4, 0.5) is 0 Å². The maximum Gasteiger partial charge on any atom is 0.192 e. The van der Waals surface area contributed by atoms with Crippen molar-refractivity contribution in [3.8, 4) is 28.3 Å². The second kappa shape index (κ2) is 9.24. The number of likely N-dealkylation sites (tertiary alicyclic amines) is 1. The Morgan fingerprint density at radius 1 is 0.927 bits per heavy atom. The minimum Gasteiger partial charge on any atom is -0.427 e. The summed E-state index contributed by atoms with van der Waals surface area (Å²) >= 11 is 2.06. The van der Waals surface area contributed by atoms with Crippen molar-refractivity contribution in [3.63, 3.8) is 0 Å². The van der Waals surface area contributed by atoms with Crippen LogP contribution in [0.5, 0.6) is 5.75 Å². The van der Waals surface area contributed by atoms with E-state index in [0.29, 0.717) is 23.3 Å². The number of aromatic amines is 1. The van der Waals surface area contributed by atoms with Gasteiger partial charge in [-0.15, -0.1) is 10.2 Å². The zero-order chi connectivity index (χ0) is 27.3. The van der Waals surface area contributed by atoms with Crippen LogP contribution in [-0.4, -0.2) is 38.7 Å². The lowest BCUT2D eigenvalue weighted by Crippen LogP contribution is -2.18. The summed E-state index contributed by atoms with van der Waals surface area (Å²) in [6.45, 7) is 1.14. The Morgan fingerprint density at radius 2 is 1.71 bits per heavy atom. The number of fused-ring (bicyclic) bond motifs is 7. The molecular weight excluding hydrogens is 621 g/mol. The summed E-state index contributed by atoms with van der Waals surface area (Å²) in [5.74, 6) is 3.32. The molecule has 41 heavy (non-hydrogen) atoms. The maximum absolute atomic E-state index is 5.87. The van der Waals surface area contributed by atoms with Crippen molar-refractivity contribution in [2.75, 3.05) is 13.6 Å². The first-order valence-electron chi connectivity index (χ1n) is 15.7. The van der Waals surface area contributed by atoms with Gasteiger partial charge in [-0.25, -0.2) is 4.98 Å². The molecule has 4 aliphatic carbocycles. The molecule has 6 nitrogen and oxygen atoms in total. The van der Waals surface area contributed by atoms with E-state index < -0.39 is 0 Å². The van der Waals surface area contributed by atoms with Crippen LogP contribution < -0.4 is 3.07 Å². The number of hydrogen-bond acceptors (Lipinski definition) is 5. The van der Waals surface area contributed by atoms with E-state index in [1.807, 2.05) is 0 Å². The van der Waals surface area contributed by atoms with Crippen LogP contribution in [0.15, 0.2) is 30.3 Å². The van der Waals surface area contributed by atoms with Crippen molar-refractivity contribution < 1.29 is 3.07 Å². The van der Waals surface area contributed by atoms with Crippen molar-refractivity contribution in [1.29, 1.82) is 0 Å². The van der Waals surface area contributed by atoms with E-state index in [4.69, 9.17) is 18.2 Å². The molecule has 3 fully saturated rings. The maximum atomic E-state index is 5.87. The summed E-state index contributed by atoms with van der Waals surface area (Å²) in [7, 11) is 2.21. The van der Waals surface area contributed by atoms with Gasteiger partial charge < -0.3 is 8.05 Å². The van der Waals surface area contributed by atoms with Crippen LogP contribution in [0.1, 0.15) is 104 Å². The van der Waals surface area contributed by atoms with Crippen molar-refractivity contribution in [1.82, 2.24) is 25.1 Å². The molecule has 4 aromatic rings. The Hall–Kier alpha value is -2.52. The zero-order valence-electron chi connectivity index (χ0n) is 23.7. The second-order valence-corrected chi connectivity index (χ2v) is 14.1. The molecule has 3 unspecified atom stereocenters. The third-order valence-corrected chi connectivity index (χ3v) is 11.9. The van der Waals surface area contributed by atoms with E-state index in [-0.39, 0.29) is 0 Å². The van der Waals surface area contributed by atoms with Gasteiger partial charge >= 0.3 is 0 Å². The summed E-state index contributed by atoms with van der Waals surface area (Å²) in [4.78, 5) is 11.1. The van der Waals surface area contributed by atoms with Crippen molar-refractivity contribution in [3.05, 3.63) is 58.4 Å². The van der Waals surface area contributed by atoms with Gasteiger partial charge in [0.1, 0.15) is 11.6 Å². The summed E-state index contributed by atoms with van der Waals surface area (Å²) in [5, 5.41) is 10.1. The Kier molecular flexibility index (Phi) is 5.64. The normalized spacial score (nSPS) is 26.0. The molecule has 9 rings (SSSR count). The Morgan fingerprint density at radius 3 is 2.49 bits per heavy atom. The van der Waals surface area contributed by atoms with Crippen LogP contribution in [0, 0.1) is 5.41 Å². The van der Waals surface area contributed by atoms with Crippen molar-refractivity contribution in [2.45, 2.75) is 88.5 Å². The van der Waals surface area contributed by atoms with E-state index in [2.05, 4.69) is 70.3 Å². The fourth-order valence-electron chi connectivity index (χ4n) is 9.45. The third-order valence-electron chi connectivity index (χ3n) is 11.4. The van der Waals surface area contributed by atoms with Gasteiger partial charge in [0.15, 0.2) is 23.0 Å². The van der Waals surface area contributed by atoms with Gasteiger partial charge in [0.05, 0.1) is 28.5 Å². The molecule has 0 amide bonds. The van der Waals surface area contributed by atoms with E-state index >= 15 is 0 Å². The molecule has 7 heteroatoms. The average molecular weight is 658 g/mol. The van der Waals surface area contributed by atoms with Gasteiger partial charge in [0.2, 0.25) is 0 Å². The molecule has 1 N–H and O–H groups in total. The number of H-pyrrole nitrogens is 1. The number of nitrogens with one attached hydrogen (secondary N) is 1. The SMILES string of the molecule is CN1CCCC1c1nc2ccc(-c3nnc(-c4ccc(OI)c5c4CC4(CCCC4)C5)c4c3C3CCC4C3)cc2[nH]1. The smallest absolute Gasteiger partial charge is 0.192 e. The molecule has 2 saturated carbocycles. The molecular formula is C34H36IN5O. The number of hydrogen-bond donors (Lipinski definition) is 1. The van der Waals surface area contributed by atoms with Gasteiger partial charge in [-0.05, 0) is 135 Å². The minimum atomic E-state index is 0.388. The average Bonchev–Trinajstić information content (AvgIpc) is 3.83. The summed E-state index contributed by atoms with van der Waals surface area (Å²) in [6.07, 6.45) is 13.9. The monoisotopic (exact) mass is 657 g/mol. The summed E-state index contributed by atoms with van der Waals surface area (Å²) in [5.41, 5.74) is 13.2. The number of halogens is 1. The Labute approximate surface area is 255 Å². The zero-order valence-corrected chi connectivity index (χ0v) is 25.8. The number of nitrogens with zero attached hydrogens (tertiary/aromatic N) is 4. The quantitative estimate of drug-likeness (QED) is 0.224. The third kappa shape index (κ3) is 3.73. The molecule has 3 heterocycles. The standard InChI is InChI=1S/C34H36IN5O/c1-40-14-4-5-27(40)33-36-25-10-8-21(16-26(25)37-33)31-29-19-6-7-20(15-19)30(29)32(39-38-31)22-9-11-28(41-35)24-18-34(17-23(22)24)12-2-3-13-34/h8-11,16,19-20,27H,2-7,12-15,17-18H2,1H3,(H,36,37). The van der Waals surface area contributed by atoms with Crippen LogP contribution in [-0.2, 0) is 12.8 Å². The Balaban J connectivity index is 1.16. The highest BCUT2D eigenvalue weighted by Gasteiger charge is 2.45. The van der Waals surface area contributed by atoms with Crippen LogP contribution in [0.25, 0.3) is 33.5 Å². The van der Waals surface area contributed by atoms with E-state index in [0.717, 1.165) is 53.4 Å². The van der Waals surface area contributed by atoms with Gasteiger partial charge in [-0.1, -0.05) is 18.9 Å². The highest BCUT2D eigenvalue weighted by Crippen LogP contribution is 2.59. The highest BCUT2D eigenvalue weighted by atomic mass is 127. The molecule has 2 aromatic heterocycles. The first kappa shape index (κ1) is 25.0.